The molecule has 6 nitrogen and oxygen atoms in total. The Bertz CT molecular complexity index is 705. The van der Waals surface area contributed by atoms with Crippen molar-refractivity contribution in [2.75, 3.05) is 0 Å². The summed E-state index contributed by atoms with van der Waals surface area (Å²) < 4.78 is 28.2. The van der Waals surface area contributed by atoms with Gasteiger partial charge in [-0.2, -0.15) is 8.78 Å². The number of para-hydroxylation sites is 1. The van der Waals surface area contributed by atoms with Crippen LogP contribution in [0.4, 0.5) is 14.5 Å². The number of carbonyl (C=O) groups is 1. The summed E-state index contributed by atoms with van der Waals surface area (Å²) in [5.74, 6) is -0.540. The van der Waals surface area contributed by atoms with Crippen molar-refractivity contribution in [3.05, 3.63) is 69.8 Å². The summed E-state index contributed by atoms with van der Waals surface area (Å²) in [4.78, 5) is 22.3. The molecule has 0 aliphatic carbocycles. The van der Waals surface area contributed by atoms with Gasteiger partial charge in [0.05, 0.1) is 4.92 Å². The summed E-state index contributed by atoms with van der Waals surface area (Å²) in [6.07, 6.45) is 0. The number of nitrogens with zero attached hydrogens (tertiary/aromatic N) is 1. The second-order valence-electron chi connectivity index (χ2n) is 4.47. The molecule has 1 amide bonds. The Labute approximate surface area is 129 Å². The van der Waals surface area contributed by atoms with Crippen molar-refractivity contribution in [3.8, 4) is 5.75 Å². The van der Waals surface area contributed by atoms with Gasteiger partial charge in [-0.15, -0.1) is 0 Å². The standard InChI is InChI=1S/C15H12F2N2O4/c16-15(17)23-12-7-5-10(6-8-12)14(20)18-9-11-3-1-2-4-13(11)19(21)22/h1-8,15H,9H2,(H,18,20). The first-order chi connectivity index (χ1) is 11.0. The molecule has 23 heavy (non-hydrogen) atoms. The zero-order chi connectivity index (χ0) is 16.8. The largest absolute Gasteiger partial charge is 0.435 e. The van der Waals surface area contributed by atoms with Gasteiger partial charge in [0.2, 0.25) is 0 Å². The quantitative estimate of drug-likeness (QED) is 0.654. The zero-order valence-corrected chi connectivity index (χ0v) is 11.7. The van der Waals surface area contributed by atoms with Crippen LogP contribution in [0.1, 0.15) is 15.9 Å². The molecule has 2 aromatic carbocycles. The third kappa shape index (κ3) is 4.47. The Morgan fingerprint density at radius 1 is 1.17 bits per heavy atom. The predicted octanol–water partition coefficient (Wildman–Crippen LogP) is 3.13. The van der Waals surface area contributed by atoms with Crippen LogP contribution in [0.15, 0.2) is 48.5 Å². The molecule has 0 aliphatic rings. The summed E-state index contributed by atoms with van der Waals surface area (Å²) in [5.41, 5.74) is 0.502. The van der Waals surface area contributed by atoms with Gasteiger partial charge >= 0.3 is 6.61 Å². The molecule has 2 aromatic rings. The Hall–Kier alpha value is -3.03. The van der Waals surface area contributed by atoms with E-state index in [1.807, 2.05) is 0 Å². The van der Waals surface area contributed by atoms with Gasteiger partial charge in [0, 0.05) is 23.7 Å². The summed E-state index contributed by atoms with van der Waals surface area (Å²) in [5, 5.41) is 13.4. The fourth-order valence-corrected chi connectivity index (χ4v) is 1.90. The molecule has 8 heteroatoms. The Morgan fingerprint density at radius 3 is 2.43 bits per heavy atom. The zero-order valence-electron chi connectivity index (χ0n) is 11.7. The van der Waals surface area contributed by atoms with E-state index in [1.54, 1.807) is 6.07 Å². The minimum absolute atomic E-state index is 0.0225. The van der Waals surface area contributed by atoms with Crippen molar-refractivity contribution < 1.29 is 23.2 Å². The maximum Gasteiger partial charge on any atom is 0.387 e. The van der Waals surface area contributed by atoms with Gasteiger partial charge in [0.25, 0.3) is 11.6 Å². The summed E-state index contributed by atoms with van der Waals surface area (Å²) in [6.45, 7) is -2.96. The molecule has 0 aromatic heterocycles. The molecule has 2 rings (SSSR count). The van der Waals surface area contributed by atoms with Crippen molar-refractivity contribution in [3.63, 3.8) is 0 Å². The van der Waals surface area contributed by atoms with Crippen molar-refractivity contribution in [1.82, 2.24) is 5.32 Å². The first-order valence-corrected chi connectivity index (χ1v) is 6.52. The number of carbonyl (C=O) groups excluding carboxylic acids is 1. The van der Waals surface area contributed by atoms with Gasteiger partial charge in [-0.05, 0) is 24.3 Å². The van der Waals surface area contributed by atoms with Gasteiger partial charge < -0.3 is 10.1 Å². The number of hydrogen-bond acceptors (Lipinski definition) is 4. The van der Waals surface area contributed by atoms with Gasteiger partial charge in [0.15, 0.2) is 0 Å². The third-order valence-electron chi connectivity index (χ3n) is 2.97. The first kappa shape index (κ1) is 16.3. The van der Waals surface area contributed by atoms with Gasteiger partial charge in [-0.1, -0.05) is 18.2 Å². The van der Waals surface area contributed by atoms with Crippen LogP contribution in [0.2, 0.25) is 0 Å². The first-order valence-electron chi connectivity index (χ1n) is 6.52. The molecule has 0 fully saturated rings. The normalized spacial score (nSPS) is 10.4. The molecule has 0 heterocycles. The van der Waals surface area contributed by atoms with Gasteiger partial charge in [-0.3, -0.25) is 14.9 Å². The van der Waals surface area contributed by atoms with Crippen LogP contribution in [0.3, 0.4) is 0 Å². The second-order valence-corrected chi connectivity index (χ2v) is 4.47. The van der Waals surface area contributed by atoms with E-state index < -0.39 is 17.4 Å². The highest BCUT2D eigenvalue weighted by Crippen LogP contribution is 2.18. The minimum Gasteiger partial charge on any atom is -0.435 e. The number of nitro benzene ring substituents is 1. The monoisotopic (exact) mass is 322 g/mol. The topological polar surface area (TPSA) is 81.5 Å². The van der Waals surface area contributed by atoms with Crippen molar-refractivity contribution in [1.29, 1.82) is 0 Å². The average Bonchev–Trinajstić information content (AvgIpc) is 2.53. The van der Waals surface area contributed by atoms with E-state index in [0.29, 0.717) is 5.56 Å². The van der Waals surface area contributed by atoms with Crippen molar-refractivity contribution >= 4 is 11.6 Å². The van der Waals surface area contributed by atoms with E-state index in [1.165, 1.54) is 42.5 Å². The minimum atomic E-state index is -2.94. The van der Waals surface area contributed by atoms with Gasteiger partial charge in [0.1, 0.15) is 5.75 Å². The fourth-order valence-electron chi connectivity index (χ4n) is 1.90. The number of hydrogen-bond donors (Lipinski definition) is 1. The molecule has 0 radical (unpaired) electrons. The molecule has 1 N–H and O–H groups in total. The smallest absolute Gasteiger partial charge is 0.387 e. The van der Waals surface area contributed by atoms with Crippen LogP contribution in [0.25, 0.3) is 0 Å². The van der Waals surface area contributed by atoms with E-state index in [4.69, 9.17) is 0 Å². The fraction of sp³-hybridized carbons (Fsp3) is 0.133. The lowest BCUT2D eigenvalue weighted by Crippen LogP contribution is -2.23. The molecule has 0 spiro atoms. The second kappa shape index (κ2) is 7.30. The van der Waals surface area contributed by atoms with E-state index in [0.717, 1.165) is 0 Å². The predicted molar refractivity (Wildman–Crippen MR) is 77.3 cm³/mol. The molecule has 0 saturated carbocycles. The molecular formula is C15H12F2N2O4. The number of amides is 1. The lowest BCUT2D eigenvalue weighted by molar-refractivity contribution is -0.385. The van der Waals surface area contributed by atoms with Crippen LogP contribution < -0.4 is 10.1 Å². The van der Waals surface area contributed by atoms with Crippen LogP contribution in [0, 0.1) is 10.1 Å². The maximum atomic E-state index is 12.0. The average molecular weight is 322 g/mol. The van der Waals surface area contributed by atoms with E-state index in [2.05, 4.69) is 10.1 Å². The van der Waals surface area contributed by atoms with E-state index in [-0.39, 0.29) is 23.5 Å². The highest BCUT2D eigenvalue weighted by molar-refractivity contribution is 5.94. The number of nitro groups is 1. The molecule has 0 bridgehead atoms. The summed E-state index contributed by atoms with van der Waals surface area (Å²) in [6, 6.07) is 11.2. The maximum absolute atomic E-state index is 12.0. The highest BCUT2D eigenvalue weighted by Gasteiger charge is 2.14. The summed E-state index contributed by atoms with van der Waals surface area (Å²) in [7, 11) is 0. The number of ether oxygens (including phenoxy) is 1. The molecular weight excluding hydrogens is 310 g/mol. The SMILES string of the molecule is O=C(NCc1ccccc1[N+](=O)[O-])c1ccc(OC(F)F)cc1. The van der Waals surface area contributed by atoms with Gasteiger partial charge in [-0.25, -0.2) is 0 Å². The highest BCUT2D eigenvalue weighted by atomic mass is 19.3. The Balaban J connectivity index is 2.01. The van der Waals surface area contributed by atoms with Crippen LogP contribution in [-0.2, 0) is 6.54 Å². The van der Waals surface area contributed by atoms with Crippen LogP contribution in [0.5, 0.6) is 5.75 Å². The Morgan fingerprint density at radius 2 is 1.83 bits per heavy atom. The lowest BCUT2D eigenvalue weighted by atomic mass is 10.1. The number of rotatable bonds is 6. The number of halogens is 2. The Kier molecular flexibility index (Phi) is 5.19. The third-order valence-corrected chi connectivity index (χ3v) is 2.97. The summed E-state index contributed by atoms with van der Waals surface area (Å²) >= 11 is 0. The number of benzene rings is 2. The van der Waals surface area contributed by atoms with Crippen molar-refractivity contribution in [2.45, 2.75) is 13.2 Å². The molecule has 0 saturated heterocycles. The van der Waals surface area contributed by atoms with E-state index in [9.17, 15) is 23.7 Å². The molecule has 0 aliphatic heterocycles. The number of nitrogens with one attached hydrogen (secondary N) is 1. The molecule has 0 atom stereocenters. The molecule has 0 unspecified atom stereocenters. The van der Waals surface area contributed by atoms with Crippen LogP contribution in [-0.4, -0.2) is 17.4 Å². The molecule has 120 valence electrons. The van der Waals surface area contributed by atoms with Crippen molar-refractivity contribution in [2.24, 2.45) is 0 Å². The lowest BCUT2D eigenvalue weighted by Gasteiger charge is -2.07. The number of alkyl halides is 2. The van der Waals surface area contributed by atoms with E-state index >= 15 is 0 Å². The van der Waals surface area contributed by atoms with Crippen LogP contribution >= 0.6 is 0 Å².